The number of aryl methyl sites for hydroxylation is 2. The lowest BCUT2D eigenvalue weighted by atomic mass is 9.93. The number of hydrogen-bond donors (Lipinski definition) is 1. The van der Waals surface area contributed by atoms with Crippen LogP contribution in [0.2, 0.25) is 0 Å². The largest absolute Gasteiger partial charge is 0.486 e. The van der Waals surface area contributed by atoms with Gasteiger partial charge in [0, 0.05) is 42.1 Å². The Kier molecular flexibility index (Phi) is 6.40. The molecule has 1 N–H and O–H groups in total. The van der Waals surface area contributed by atoms with Gasteiger partial charge in [0.05, 0.1) is 0 Å². The van der Waals surface area contributed by atoms with E-state index in [-0.39, 0.29) is 12.2 Å². The van der Waals surface area contributed by atoms with E-state index in [1.807, 2.05) is 24.4 Å². The Balaban J connectivity index is 1.47. The fraction of sp³-hybridized carbons (Fsp3) is 0.304. The van der Waals surface area contributed by atoms with Crippen molar-refractivity contribution < 1.29 is 9.13 Å². The summed E-state index contributed by atoms with van der Waals surface area (Å²) < 4.78 is 19.6. The van der Waals surface area contributed by atoms with E-state index in [1.165, 1.54) is 11.6 Å². The maximum Gasteiger partial charge on any atom is 0.258 e. The summed E-state index contributed by atoms with van der Waals surface area (Å²) in [5, 5.41) is 5.95. The second-order valence-corrected chi connectivity index (χ2v) is 8.22. The Labute approximate surface area is 178 Å². The Bertz CT molecular complexity index is 1120. The van der Waals surface area contributed by atoms with Crippen LogP contribution in [-0.4, -0.2) is 22.8 Å². The third-order valence-corrected chi connectivity index (χ3v) is 5.95. The van der Waals surface area contributed by atoms with Crippen LogP contribution in [0.5, 0.6) is 5.75 Å². The number of nitrogens with zero attached hydrogens (tertiary/aromatic N) is 2. The highest BCUT2D eigenvalue weighted by Gasteiger charge is 2.14. The Morgan fingerprint density at radius 2 is 2.17 bits per heavy atom. The fourth-order valence-electron chi connectivity index (χ4n) is 3.53. The zero-order valence-corrected chi connectivity index (χ0v) is 17.7. The standard InChI is InChI=1S/C23H24FN3O2S/c1-16-15-30-22(26-16)14-29-21-6-9-27(23(28)12-21)20-5-4-18-10-17(13-25-8-7-24)2-3-19(18)11-20/h2-3,6,9-12,15,25H,4-5,7-8,13-14H2,1H3. The number of rotatable bonds is 8. The summed E-state index contributed by atoms with van der Waals surface area (Å²) >= 11 is 1.55. The van der Waals surface area contributed by atoms with Gasteiger partial charge in [-0.2, -0.15) is 0 Å². The van der Waals surface area contributed by atoms with Crippen molar-refractivity contribution in [1.82, 2.24) is 14.9 Å². The highest BCUT2D eigenvalue weighted by atomic mass is 32.1. The molecule has 0 amide bonds. The molecule has 7 heteroatoms. The summed E-state index contributed by atoms with van der Waals surface area (Å²) in [5.41, 5.74) is 5.36. The van der Waals surface area contributed by atoms with E-state index in [9.17, 15) is 9.18 Å². The van der Waals surface area contributed by atoms with Crippen molar-refractivity contribution in [3.05, 3.63) is 79.7 Å². The van der Waals surface area contributed by atoms with E-state index in [0.29, 0.717) is 25.4 Å². The normalized spacial score (nSPS) is 13.1. The third-order valence-electron chi connectivity index (χ3n) is 5.01. The molecule has 0 bridgehead atoms. The molecule has 2 heterocycles. The maximum absolute atomic E-state index is 12.7. The van der Waals surface area contributed by atoms with Crippen LogP contribution in [-0.2, 0) is 19.6 Å². The van der Waals surface area contributed by atoms with Gasteiger partial charge in [0.2, 0.25) is 0 Å². The second-order valence-electron chi connectivity index (χ2n) is 7.28. The Morgan fingerprint density at radius 1 is 1.27 bits per heavy atom. The van der Waals surface area contributed by atoms with Gasteiger partial charge in [0.15, 0.2) is 0 Å². The van der Waals surface area contributed by atoms with Gasteiger partial charge in [-0.05, 0) is 48.6 Å². The van der Waals surface area contributed by atoms with E-state index in [1.54, 1.807) is 22.1 Å². The SMILES string of the molecule is Cc1csc(COc2ccn(C3=Cc4ccc(CNCCF)cc4CC3)c(=O)c2)n1. The van der Waals surface area contributed by atoms with Gasteiger partial charge in [0.25, 0.3) is 5.56 Å². The number of benzene rings is 1. The molecule has 30 heavy (non-hydrogen) atoms. The zero-order valence-electron chi connectivity index (χ0n) is 16.9. The minimum Gasteiger partial charge on any atom is -0.486 e. The summed E-state index contributed by atoms with van der Waals surface area (Å²) in [6.07, 6.45) is 5.49. The number of alkyl halides is 1. The predicted octanol–water partition coefficient (Wildman–Crippen LogP) is 4.20. The maximum atomic E-state index is 12.7. The van der Waals surface area contributed by atoms with Gasteiger partial charge in [-0.25, -0.2) is 9.37 Å². The zero-order chi connectivity index (χ0) is 20.9. The van der Waals surface area contributed by atoms with E-state index < -0.39 is 0 Å². The predicted molar refractivity (Wildman–Crippen MR) is 118 cm³/mol. The molecule has 0 saturated carbocycles. The fourth-order valence-corrected chi connectivity index (χ4v) is 4.22. The molecule has 0 spiro atoms. The summed E-state index contributed by atoms with van der Waals surface area (Å²) in [5.74, 6) is 0.548. The van der Waals surface area contributed by atoms with Crippen LogP contribution in [0.15, 0.2) is 46.7 Å². The first-order valence-corrected chi connectivity index (χ1v) is 10.9. The lowest BCUT2D eigenvalue weighted by Gasteiger charge is -2.19. The lowest BCUT2D eigenvalue weighted by Crippen LogP contribution is -2.20. The number of fused-ring (bicyclic) bond motifs is 1. The molecule has 0 aliphatic heterocycles. The van der Waals surface area contributed by atoms with Gasteiger partial charge >= 0.3 is 0 Å². The number of aromatic nitrogens is 2. The van der Waals surface area contributed by atoms with Crippen molar-refractivity contribution in [3.63, 3.8) is 0 Å². The van der Waals surface area contributed by atoms with Crippen molar-refractivity contribution in [3.8, 4) is 5.75 Å². The monoisotopic (exact) mass is 425 g/mol. The lowest BCUT2D eigenvalue weighted by molar-refractivity contribution is 0.304. The van der Waals surface area contributed by atoms with E-state index in [0.717, 1.165) is 40.4 Å². The van der Waals surface area contributed by atoms with Crippen LogP contribution in [0.25, 0.3) is 11.8 Å². The molecule has 5 nitrogen and oxygen atoms in total. The van der Waals surface area contributed by atoms with E-state index in [4.69, 9.17) is 4.74 Å². The number of nitrogens with one attached hydrogen (secondary N) is 1. The average molecular weight is 426 g/mol. The van der Waals surface area contributed by atoms with E-state index in [2.05, 4.69) is 28.5 Å². The summed E-state index contributed by atoms with van der Waals surface area (Å²) in [4.78, 5) is 17.0. The molecule has 1 aliphatic rings. The molecule has 4 rings (SSSR count). The topological polar surface area (TPSA) is 56.1 Å². The van der Waals surface area contributed by atoms with Crippen LogP contribution >= 0.6 is 11.3 Å². The average Bonchev–Trinajstić information content (AvgIpc) is 3.17. The highest BCUT2D eigenvalue weighted by Crippen LogP contribution is 2.27. The summed E-state index contributed by atoms with van der Waals surface area (Å²) in [6, 6.07) is 9.62. The smallest absolute Gasteiger partial charge is 0.258 e. The molecule has 3 aromatic rings. The van der Waals surface area contributed by atoms with Crippen molar-refractivity contribution in [2.45, 2.75) is 32.9 Å². The molecule has 0 saturated heterocycles. The molecular weight excluding hydrogens is 401 g/mol. The number of hydrogen-bond acceptors (Lipinski definition) is 5. The molecule has 0 unspecified atom stereocenters. The third kappa shape index (κ3) is 4.86. The first-order valence-electron chi connectivity index (χ1n) is 9.98. The van der Waals surface area contributed by atoms with Crippen molar-refractivity contribution in [1.29, 1.82) is 0 Å². The molecule has 0 fully saturated rings. The van der Waals surface area contributed by atoms with Crippen LogP contribution < -0.4 is 15.6 Å². The van der Waals surface area contributed by atoms with Gasteiger partial charge in [-0.15, -0.1) is 11.3 Å². The molecule has 1 aromatic carbocycles. The van der Waals surface area contributed by atoms with Crippen LogP contribution in [0.3, 0.4) is 0 Å². The first kappa shape index (κ1) is 20.5. The van der Waals surface area contributed by atoms with Crippen molar-refractivity contribution in [2.75, 3.05) is 13.2 Å². The van der Waals surface area contributed by atoms with Crippen LogP contribution in [0.1, 0.15) is 33.8 Å². The van der Waals surface area contributed by atoms with E-state index >= 15 is 0 Å². The quantitative estimate of drug-likeness (QED) is 0.550. The van der Waals surface area contributed by atoms with Crippen molar-refractivity contribution >= 4 is 23.1 Å². The number of allylic oxidation sites excluding steroid dienone is 1. The number of pyridine rings is 1. The summed E-state index contributed by atoms with van der Waals surface area (Å²) in [7, 11) is 0. The van der Waals surface area contributed by atoms with Crippen molar-refractivity contribution in [2.24, 2.45) is 0 Å². The number of ether oxygens (including phenoxy) is 1. The molecule has 156 valence electrons. The molecule has 1 aliphatic carbocycles. The first-order chi connectivity index (χ1) is 14.6. The van der Waals surface area contributed by atoms with Crippen LogP contribution in [0.4, 0.5) is 4.39 Å². The number of thiazole rings is 1. The minimum absolute atomic E-state index is 0.107. The Hall–Kier alpha value is -2.77. The van der Waals surface area contributed by atoms with Crippen LogP contribution in [0, 0.1) is 6.92 Å². The molecular formula is C23H24FN3O2S. The molecule has 2 aromatic heterocycles. The highest BCUT2D eigenvalue weighted by molar-refractivity contribution is 7.09. The summed E-state index contributed by atoms with van der Waals surface area (Å²) in [6.45, 7) is 2.98. The van der Waals surface area contributed by atoms with Gasteiger partial charge in [-0.1, -0.05) is 18.2 Å². The minimum atomic E-state index is -0.361. The molecule has 0 radical (unpaired) electrons. The van der Waals surface area contributed by atoms with Gasteiger partial charge in [0.1, 0.15) is 24.0 Å². The molecule has 0 atom stereocenters. The van der Waals surface area contributed by atoms with Gasteiger partial charge < -0.3 is 10.1 Å². The second kappa shape index (κ2) is 9.36. The van der Waals surface area contributed by atoms with Gasteiger partial charge in [-0.3, -0.25) is 9.36 Å². The number of halogens is 1. The Morgan fingerprint density at radius 3 is 2.93 bits per heavy atom.